The van der Waals surface area contributed by atoms with Crippen molar-refractivity contribution in [2.75, 3.05) is 57.9 Å². The Bertz CT molecular complexity index is 722. The fourth-order valence-corrected chi connectivity index (χ4v) is 3.85. The van der Waals surface area contributed by atoms with Gasteiger partial charge in [-0.25, -0.2) is 0 Å². The van der Waals surface area contributed by atoms with Crippen molar-refractivity contribution in [2.45, 2.75) is 11.3 Å². The molecule has 2 heterocycles. The molecule has 0 bridgehead atoms. The second-order valence-corrected chi connectivity index (χ2v) is 7.78. The van der Waals surface area contributed by atoms with E-state index in [1.54, 1.807) is 25.1 Å². The molecule has 1 N–H and O–H groups in total. The van der Waals surface area contributed by atoms with E-state index in [2.05, 4.69) is 10.2 Å². The Morgan fingerprint density at radius 2 is 2.00 bits per heavy atom. The fourth-order valence-electron chi connectivity index (χ4n) is 3.06. The zero-order valence-electron chi connectivity index (χ0n) is 15.2. The molecule has 2 aliphatic rings. The predicted molar refractivity (Wildman–Crippen MR) is 101 cm³/mol. The predicted octanol–water partition coefficient (Wildman–Crippen LogP) is 0.967. The van der Waals surface area contributed by atoms with Gasteiger partial charge in [-0.05, 0) is 24.6 Å². The molecule has 3 rings (SSSR count). The first-order valence-electron chi connectivity index (χ1n) is 8.72. The molecule has 0 aliphatic carbocycles. The van der Waals surface area contributed by atoms with Crippen LogP contribution in [-0.2, 0) is 9.59 Å². The Hall–Kier alpha value is -2.06. The van der Waals surface area contributed by atoms with E-state index in [0.717, 1.165) is 17.9 Å². The van der Waals surface area contributed by atoms with Crippen LogP contribution >= 0.6 is 11.8 Å². The number of anilines is 1. The summed E-state index contributed by atoms with van der Waals surface area (Å²) in [6.07, 6.45) is 0.837. The van der Waals surface area contributed by atoms with Gasteiger partial charge in [0.1, 0.15) is 0 Å². The van der Waals surface area contributed by atoms with Gasteiger partial charge in [0.15, 0.2) is 0 Å². The molecule has 2 aliphatic heterocycles. The molecule has 8 heteroatoms. The third-order valence-electron chi connectivity index (χ3n) is 4.59. The van der Waals surface area contributed by atoms with Crippen molar-refractivity contribution >= 4 is 35.2 Å². The number of benzene rings is 1. The zero-order chi connectivity index (χ0) is 18.7. The molecule has 1 aromatic rings. The van der Waals surface area contributed by atoms with E-state index < -0.39 is 0 Å². The number of carbonyl (C=O) groups is 3. The van der Waals surface area contributed by atoms with Crippen molar-refractivity contribution in [3.05, 3.63) is 23.8 Å². The highest BCUT2D eigenvalue weighted by atomic mass is 32.2. The van der Waals surface area contributed by atoms with Crippen molar-refractivity contribution in [1.29, 1.82) is 0 Å². The van der Waals surface area contributed by atoms with E-state index in [0.29, 0.717) is 43.2 Å². The van der Waals surface area contributed by atoms with Gasteiger partial charge in [0, 0.05) is 50.7 Å². The topological polar surface area (TPSA) is 73.0 Å². The summed E-state index contributed by atoms with van der Waals surface area (Å²) >= 11 is 1.48. The van der Waals surface area contributed by atoms with E-state index in [9.17, 15) is 14.4 Å². The van der Waals surface area contributed by atoms with E-state index in [4.69, 9.17) is 0 Å². The van der Waals surface area contributed by atoms with Gasteiger partial charge in [0.2, 0.25) is 11.8 Å². The molecule has 0 radical (unpaired) electrons. The van der Waals surface area contributed by atoms with Gasteiger partial charge in [-0.3, -0.25) is 19.3 Å². The summed E-state index contributed by atoms with van der Waals surface area (Å²) < 4.78 is 0. The molecule has 0 aromatic heterocycles. The van der Waals surface area contributed by atoms with Crippen LogP contribution in [0.4, 0.5) is 5.69 Å². The molecule has 140 valence electrons. The van der Waals surface area contributed by atoms with Crippen molar-refractivity contribution < 1.29 is 14.4 Å². The van der Waals surface area contributed by atoms with Crippen LogP contribution in [0.5, 0.6) is 0 Å². The van der Waals surface area contributed by atoms with Crippen LogP contribution in [0.3, 0.4) is 0 Å². The highest BCUT2D eigenvalue weighted by Crippen LogP contribution is 2.32. The zero-order valence-corrected chi connectivity index (χ0v) is 16.0. The van der Waals surface area contributed by atoms with Gasteiger partial charge in [0.25, 0.3) is 5.91 Å². The first kappa shape index (κ1) is 18.7. The van der Waals surface area contributed by atoms with Crippen LogP contribution in [0.15, 0.2) is 23.1 Å². The number of rotatable bonds is 3. The van der Waals surface area contributed by atoms with Crippen molar-refractivity contribution in [2.24, 2.45) is 0 Å². The van der Waals surface area contributed by atoms with Crippen molar-refractivity contribution in [3.8, 4) is 0 Å². The number of amides is 3. The molecule has 26 heavy (non-hydrogen) atoms. The van der Waals surface area contributed by atoms with Crippen LogP contribution in [0.25, 0.3) is 0 Å². The average molecular weight is 376 g/mol. The maximum atomic E-state index is 12.9. The lowest BCUT2D eigenvalue weighted by molar-refractivity contribution is -0.129. The molecule has 0 saturated carbocycles. The first-order chi connectivity index (χ1) is 12.4. The van der Waals surface area contributed by atoms with Gasteiger partial charge in [-0.15, -0.1) is 11.8 Å². The standard InChI is InChI=1S/C18H24N4O3S/c1-20(2)17(24)11-21-6-3-7-22(9-8-21)18(25)13-4-5-15-14(10-13)19-16(23)12-26-15/h4-5,10H,3,6-9,11-12H2,1-2H3,(H,19,23). The number of thioether (sulfide) groups is 1. The maximum absolute atomic E-state index is 12.9. The molecule has 3 amide bonds. The van der Waals surface area contributed by atoms with Gasteiger partial charge in [0.05, 0.1) is 18.0 Å². The Kier molecular flexibility index (Phi) is 5.83. The van der Waals surface area contributed by atoms with Gasteiger partial charge < -0.3 is 15.1 Å². The third kappa shape index (κ3) is 4.37. The minimum atomic E-state index is -0.0388. The molecule has 1 aromatic carbocycles. The molecule has 0 unspecified atom stereocenters. The minimum Gasteiger partial charge on any atom is -0.348 e. The first-order valence-corrected chi connectivity index (χ1v) is 9.71. The van der Waals surface area contributed by atoms with Gasteiger partial charge in [-0.2, -0.15) is 0 Å². The molecule has 0 spiro atoms. The number of fused-ring (bicyclic) bond motifs is 1. The lowest BCUT2D eigenvalue weighted by Crippen LogP contribution is -2.39. The summed E-state index contributed by atoms with van der Waals surface area (Å²) in [5.41, 5.74) is 1.30. The van der Waals surface area contributed by atoms with E-state index in [1.807, 2.05) is 17.0 Å². The number of likely N-dealkylation sites (N-methyl/N-ethyl adjacent to an activating group) is 1. The lowest BCUT2D eigenvalue weighted by atomic mass is 10.1. The van der Waals surface area contributed by atoms with Gasteiger partial charge in [-0.1, -0.05) is 0 Å². The van der Waals surface area contributed by atoms with Crippen LogP contribution in [0, 0.1) is 0 Å². The Morgan fingerprint density at radius 1 is 1.19 bits per heavy atom. The van der Waals surface area contributed by atoms with Crippen molar-refractivity contribution in [1.82, 2.24) is 14.7 Å². The summed E-state index contributed by atoms with van der Waals surface area (Å²) in [4.78, 5) is 42.8. The summed E-state index contributed by atoms with van der Waals surface area (Å²) in [6, 6.07) is 5.48. The van der Waals surface area contributed by atoms with Crippen LogP contribution in [0.2, 0.25) is 0 Å². The largest absolute Gasteiger partial charge is 0.348 e. The molecular formula is C18H24N4O3S. The SMILES string of the molecule is CN(C)C(=O)CN1CCCN(C(=O)c2ccc3c(c2)NC(=O)CS3)CC1. The minimum absolute atomic E-state index is 0.0293. The van der Waals surface area contributed by atoms with Crippen molar-refractivity contribution in [3.63, 3.8) is 0 Å². The molecule has 7 nitrogen and oxygen atoms in total. The second-order valence-electron chi connectivity index (χ2n) is 6.76. The summed E-state index contributed by atoms with van der Waals surface area (Å²) in [6.45, 7) is 3.14. The van der Waals surface area contributed by atoms with Crippen LogP contribution in [-0.4, -0.2) is 85.0 Å². The highest BCUT2D eigenvalue weighted by molar-refractivity contribution is 8.00. The molecule has 1 saturated heterocycles. The van der Waals surface area contributed by atoms with Crippen LogP contribution < -0.4 is 5.32 Å². The number of hydrogen-bond donors (Lipinski definition) is 1. The Labute approximate surface area is 157 Å². The molecule has 1 fully saturated rings. The van der Waals surface area contributed by atoms with Gasteiger partial charge >= 0.3 is 0 Å². The fraction of sp³-hybridized carbons (Fsp3) is 0.500. The number of hydrogen-bond acceptors (Lipinski definition) is 5. The highest BCUT2D eigenvalue weighted by Gasteiger charge is 2.23. The average Bonchev–Trinajstić information content (AvgIpc) is 2.86. The summed E-state index contributed by atoms with van der Waals surface area (Å²) in [5.74, 6) is 0.419. The number of nitrogens with one attached hydrogen (secondary N) is 1. The maximum Gasteiger partial charge on any atom is 0.253 e. The number of nitrogens with zero attached hydrogens (tertiary/aromatic N) is 3. The summed E-state index contributed by atoms with van der Waals surface area (Å²) in [5, 5.41) is 2.83. The molecular weight excluding hydrogens is 352 g/mol. The smallest absolute Gasteiger partial charge is 0.253 e. The third-order valence-corrected chi connectivity index (χ3v) is 5.67. The monoisotopic (exact) mass is 376 g/mol. The normalized spacial score (nSPS) is 17.9. The number of carbonyl (C=O) groups excluding carboxylic acids is 3. The quantitative estimate of drug-likeness (QED) is 0.851. The molecule has 0 atom stereocenters. The van der Waals surface area contributed by atoms with Crippen LogP contribution in [0.1, 0.15) is 16.8 Å². The Morgan fingerprint density at radius 3 is 2.77 bits per heavy atom. The van der Waals surface area contributed by atoms with E-state index in [1.165, 1.54) is 11.8 Å². The second kappa shape index (κ2) is 8.09. The van der Waals surface area contributed by atoms with E-state index in [-0.39, 0.29) is 17.7 Å². The lowest BCUT2D eigenvalue weighted by Gasteiger charge is -2.23. The Balaban J connectivity index is 1.64. The summed E-state index contributed by atoms with van der Waals surface area (Å²) in [7, 11) is 3.51. The van der Waals surface area contributed by atoms with E-state index >= 15 is 0 Å².